The molecule has 2 aromatic heterocycles. The fraction of sp³-hybridized carbons (Fsp3) is 0.350. The number of nitrogens with zero attached hydrogens (tertiary/aromatic N) is 4. The van der Waals surface area contributed by atoms with Crippen LogP contribution in [0.3, 0.4) is 0 Å². The first-order valence-corrected chi connectivity index (χ1v) is 9.06. The van der Waals surface area contributed by atoms with Gasteiger partial charge in [0.25, 0.3) is 11.8 Å². The zero-order valence-corrected chi connectivity index (χ0v) is 15.0. The van der Waals surface area contributed by atoms with Crippen LogP contribution < -0.4 is 0 Å². The Morgan fingerprint density at radius 3 is 2.70 bits per heavy atom. The standard InChI is InChI=1S/C20H20N4O3/c1-23-11-20(12-24(13-20)19(25)16-8-5-9-26-16)10-15(23)17-21-18(27-22-17)14-6-3-2-4-7-14/h2-9,15H,10-13H2,1H3. The lowest BCUT2D eigenvalue weighted by Crippen LogP contribution is -2.59. The van der Waals surface area contributed by atoms with Crippen LogP contribution in [0.25, 0.3) is 11.5 Å². The molecule has 2 saturated heterocycles. The van der Waals surface area contributed by atoms with Crippen molar-refractivity contribution in [3.63, 3.8) is 0 Å². The first-order chi connectivity index (χ1) is 13.1. The number of benzene rings is 1. The molecule has 2 aliphatic heterocycles. The normalized spacial score (nSPS) is 21.5. The van der Waals surface area contributed by atoms with Gasteiger partial charge in [0, 0.05) is 30.6 Å². The van der Waals surface area contributed by atoms with Crippen LogP contribution in [0.4, 0.5) is 0 Å². The molecule has 0 saturated carbocycles. The summed E-state index contributed by atoms with van der Waals surface area (Å²) in [4.78, 5) is 21.1. The van der Waals surface area contributed by atoms with E-state index < -0.39 is 0 Å². The fourth-order valence-electron chi connectivity index (χ4n) is 4.32. The molecule has 27 heavy (non-hydrogen) atoms. The number of hydrogen-bond acceptors (Lipinski definition) is 6. The fourth-order valence-corrected chi connectivity index (χ4v) is 4.32. The van der Waals surface area contributed by atoms with E-state index in [2.05, 4.69) is 22.1 Å². The second kappa shape index (κ2) is 6.06. The highest BCUT2D eigenvalue weighted by molar-refractivity contribution is 5.92. The summed E-state index contributed by atoms with van der Waals surface area (Å²) >= 11 is 0. The van der Waals surface area contributed by atoms with E-state index in [9.17, 15) is 4.79 Å². The number of aromatic nitrogens is 2. The molecule has 7 nitrogen and oxygen atoms in total. The third kappa shape index (κ3) is 2.75. The average Bonchev–Trinajstić information content (AvgIpc) is 3.40. The van der Waals surface area contributed by atoms with Crippen molar-refractivity contribution in [2.45, 2.75) is 12.5 Å². The maximum atomic E-state index is 12.4. The van der Waals surface area contributed by atoms with Gasteiger partial charge in [-0.25, -0.2) is 0 Å². The number of carbonyl (C=O) groups excluding carboxylic acids is 1. The van der Waals surface area contributed by atoms with Crippen molar-refractivity contribution in [3.8, 4) is 11.5 Å². The molecule has 3 aromatic rings. The maximum Gasteiger partial charge on any atom is 0.289 e. The highest BCUT2D eigenvalue weighted by atomic mass is 16.5. The Balaban J connectivity index is 1.29. The van der Waals surface area contributed by atoms with Crippen LogP contribution in [0.5, 0.6) is 0 Å². The summed E-state index contributed by atoms with van der Waals surface area (Å²) in [6.07, 6.45) is 2.45. The van der Waals surface area contributed by atoms with Gasteiger partial charge in [0.15, 0.2) is 11.6 Å². The molecule has 1 unspecified atom stereocenters. The molecule has 1 atom stereocenters. The molecular weight excluding hydrogens is 344 g/mol. The van der Waals surface area contributed by atoms with E-state index >= 15 is 0 Å². The molecule has 0 radical (unpaired) electrons. The van der Waals surface area contributed by atoms with Crippen LogP contribution in [0.15, 0.2) is 57.7 Å². The number of furan rings is 1. The second-order valence-corrected chi connectivity index (χ2v) is 7.60. The van der Waals surface area contributed by atoms with E-state index in [-0.39, 0.29) is 17.4 Å². The number of hydrogen-bond donors (Lipinski definition) is 0. The molecule has 138 valence electrons. The van der Waals surface area contributed by atoms with Crippen molar-refractivity contribution in [1.82, 2.24) is 19.9 Å². The van der Waals surface area contributed by atoms with Crippen molar-refractivity contribution >= 4 is 5.91 Å². The minimum absolute atomic E-state index is 0.0392. The van der Waals surface area contributed by atoms with Gasteiger partial charge in [-0.2, -0.15) is 4.98 Å². The van der Waals surface area contributed by atoms with E-state index in [1.165, 1.54) is 6.26 Å². The lowest BCUT2D eigenvalue weighted by Gasteiger charge is -2.47. The summed E-state index contributed by atoms with van der Waals surface area (Å²) in [5.41, 5.74) is 1.01. The van der Waals surface area contributed by atoms with Gasteiger partial charge in [0.1, 0.15) is 0 Å². The molecule has 1 spiro atoms. The van der Waals surface area contributed by atoms with Gasteiger partial charge in [-0.05, 0) is 37.7 Å². The average molecular weight is 364 g/mol. The van der Waals surface area contributed by atoms with Gasteiger partial charge >= 0.3 is 0 Å². The molecule has 1 aromatic carbocycles. The number of rotatable bonds is 3. The second-order valence-electron chi connectivity index (χ2n) is 7.60. The maximum absolute atomic E-state index is 12.4. The number of likely N-dealkylation sites (tertiary alicyclic amines) is 2. The van der Waals surface area contributed by atoms with Crippen molar-refractivity contribution < 1.29 is 13.7 Å². The van der Waals surface area contributed by atoms with Gasteiger partial charge in [-0.3, -0.25) is 9.69 Å². The van der Waals surface area contributed by atoms with Crippen LogP contribution in [0.2, 0.25) is 0 Å². The Kier molecular flexibility index (Phi) is 3.65. The van der Waals surface area contributed by atoms with E-state index in [4.69, 9.17) is 8.94 Å². The van der Waals surface area contributed by atoms with Crippen molar-refractivity contribution in [2.24, 2.45) is 5.41 Å². The molecule has 0 bridgehead atoms. The Hall–Kier alpha value is -2.93. The van der Waals surface area contributed by atoms with Crippen LogP contribution >= 0.6 is 0 Å². The largest absolute Gasteiger partial charge is 0.459 e. The molecule has 0 N–H and O–H groups in total. The number of carbonyl (C=O) groups is 1. The highest BCUT2D eigenvalue weighted by Crippen LogP contribution is 2.47. The first kappa shape index (κ1) is 16.3. The molecule has 2 aliphatic rings. The SMILES string of the molecule is CN1CC2(CC1c1noc(-c3ccccc3)n1)CN(C(=O)c1ccco1)C2. The van der Waals surface area contributed by atoms with E-state index in [1.54, 1.807) is 12.1 Å². The first-order valence-electron chi connectivity index (χ1n) is 9.06. The predicted molar refractivity (Wildman–Crippen MR) is 96.8 cm³/mol. The Morgan fingerprint density at radius 1 is 1.15 bits per heavy atom. The summed E-state index contributed by atoms with van der Waals surface area (Å²) in [7, 11) is 2.08. The monoisotopic (exact) mass is 364 g/mol. The van der Waals surface area contributed by atoms with Gasteiger partial charge in [-0.1, -0.05) is 23.4 Å². The summed E-state index contributed by atoms with van der Waals surface area (Å²) in [5, 5.41) is 4.22. The van der Waals surface area contributed by atoms with Crippen LogP contribution in [0, 0.1) is 5.41 Å². The van der Waals surface area contributed by atoms with E-state index in [0.29, 0.717) is 17.5 Å². The van der Waals surface area contributed by atoms with Crippen molar-refractivity contribution in [3.05, 3.63) is 60.3 Å². The molecule has 7 heteroatoms. The van der Waals surface area contributed by atoms with Crippen molar-refractivity contribution in [2.75, 3.05) is 26.7 Å². The van der Waals surface area contributed by atoms with Crippen LogP contribution in [0.1, 0.15) is 28.8 Å². The molecule has 1 amide bonds. The minimum atomic E-state index is -0.0392. The van der Waals surface area contributed by atoms with Crippen molar-refractivity contribution in [1.29, 1.82) is 0 Å². The lowest BCUT2D eigenvalue weighted by atomic mass is 9.77. The molecule has 0 aliphatic carbocycles. The Morgan fingerprint density at radius 2 is 1.96 bits per heavy atom. The Bertz CT molecular complexity index is 945. The molecule has 5 rings (SSSR count). The Labute approximate surface area is 156 Å². The molecule has 2 fully saturated rings. The summed E-state index contributed by atoms with van der Waals surface area (Å²) in [6.45, 7) is 2.38. The summed E-state index contributed by atoms with van der Waals surface area (Å²) < 4.78 is 10.7. The third-order valence-corrected chi connectivity index (χ3v) is 5.58. The zero-order chi connectivity index (χ0) is 18.4. The minimum Gasteiger partial charge on any atom is -0.459 e. The van der Waals surface area contributed by atoms with Crippen LogP contribution in [-0.2, 0) is 0 Å². The molecular formula is C20H20N4O3. The highest BCUT2D eigenvalue weighted by Gasteiger charge is 2.53. The lowest BCUT2D eigenvalue weighted by molar-refractivity contribution is 0.00910. The predicted octanol–water partition coefficient (Wildman–Crippen LogP) is 2.85. The summed E-state index contributed by atoms with van der Waals surface area (Å²) in [6, 6.07) is 13.3. The van der Waals surface area contributed by atoms with E-state index in [0.717, 1.165) is 31.6 Å². The van der Waals surface area contributed by atoms with Gasteiger partial charge in [-0.15, -0.1) is 0 Å². The topological polar surface area (TPSA) is 75.6 Å². The quantitative estimate of drug-likeness (QED) is 0.711. The smallest absolute Gasteiger partial charge is 0.289 e. The van der Waals surface area contributed by atoms with Gasteiger partial charge in [0.2, 0.25) is 0 Å². The van der Waals surface area contributed by atoms with Gasteiger partial charge < -0.3 is 13.8 Å². The summed E-state index contributed by atoms with van der Waals surface area (Å²) in [5.74, 6) is 1.62. The van der Waals surface area contributed by atoms with Crippen LogP contribution in [-0.4, -0.2) is 52.5 Å². The third-order valence-electron chi connectivity index (χ3n) is 5.58. The zero-order valence-electron chi connectivity index (χ0n) is 15.0. The molecule has 4 heterocycles. The van der Waals surface area contributed by atoms with E-state index in [1.807, 2.05) is 35.2 Å². The van der Waals surface area contributed by atoms with Gasteiger partial charge in [0.05, 0.1) is 12.3 Å². The number of amides is 1.